The van der Waals surface area contributed by atoms with Gasteiger partial charge >= 0.3 is 5.97 Å². The van der Waals surface area contributed by atoms with Crippen molar-refractivity contribution in [3.63, 3.8) is 0 Å². The van der Waals surface area contributed by atoms with Gasteiger partial charge in [-0.1, -0.05) is 31.6 Å². The van der Waals surface area contributed by atoms with Crippen LogP contribution in [0.15, 0.2) is 18.2 Å². The summed E-state index contributed by atoms with van der Waals surface area (Å²) in [6.07, 6.45) is 0. The highest BCUT2D eigenvalue weighted by atomic mass is 28.3. The summed E-state index contributed by atoms with van der Waals surface area (Å²) in [5.41, 5.74) is 4.61. The Kier molecular flexibility index (Phi) is 5.11. The first-order chi connectivity index (χ1) is 9.24. The molecule has 106 valence electrons. The Morgan fingerprint density at radius 2 is 1.90 bits per heavy atom. The molecule has 0 aliphatic rings. The summed E-state index contributed by atoms with van der Waals surface area (Å²) in [5.74, 6) is 2.37. The molecule has 0 radical (unpaired) electrons. The lowest BCUT2D eigenvalue weighted by Gasteiger charge is -2.10. The highest BCUT2D eigenvalue weighted by molar-refractivity contribution is 6.83. The van der Waals surface area contributed by atoms with Gasteiger partial charge in [-0.25, -0.2) is 4.79 Å². The van der Waals surface area contributed by atoms with Crippen LogP contribution in [-0.2, 0) is 9.53 Å². The molecule has 0 aliphatic heterocycles. The maximum Gasteiger partial charge on any atom is 0.339 e. The number of ether oxygens (including phenoxy) is 1. The van der Waals surface area contributed by atoms with E-state index in [9.17, 15) is 9.59 Å². The summed E-state index contributed by atoms with van der Waals surface area (Å²) in [7, 11) is -0.274. The van der Waals surface area contributed by atoms with E-state index in [1.807, 2.05) is 0 Å². The largest absolute Gasteiger partial charge is 0.465 e. The molecule has 0 bridgehead atoms. The van der Waals surface area contributed by atoms with Gasteiger partial charge < -0.3 is 10.1 Å². The fourth-order valence-electron chi connectivity index (χ4n) is 1.51. The summed E-state index contributed by atoms with van der Waals surface area (Å²) in [5, 5.41) is 2.70. The van der Waals surface area contributed by atoms with Gasteiger partial charge in [-0.05, 0) is 12.1 Å². The van der Waals surface area contributed by atoms with Gasteiger partial charge in [0.1, 0.15) is 8.07 Å². The fourth-order valence-corrected chi connectivity index (χ4v) is 2.01. The van der Waals surface area contributed by atoms with Gasteiger partial charge in [0.2, 0.25) is 5.91 Å². The minimum Gasteiger partial charge on any atom is -0.465 e. The van der Waals surface area contributed by atoms with Gasteiger partial charge in [-0.2, -0.15) is 0 Å². The van der Waals surface area contributed by atoms with Gasteiger partial charge in [0, 0.05) is 6.92 Å². The quantitative estimate of drug-likeness (QED) is 0.517. The lowest BCUT2D eigenvalue weighted by Crippen LogP contribution is -2.17. The van der Waals surface area contributed by atoms with E-state index in [4.69, 9.17) is 4.74 Å². The van der Waals surface area contributed by atoms with Crippen molar-refractivity contribution < 1.29 is 14.3 Å². The van der Waals surface area contributed by atoms with Crippen molar-refractivity contribution in [3.05, 3.63) is 29.3 Å². The minimum atomic E-state index is -1.60. The molecule has 0 saturated heterocycles. The van der Waals surface area contributed by atoms with Gasteiger partial charge in [0.15, 0.2) is 0 Å². The molecule has 0 atom stereocenters. The number of amides is 1. The molecule has 1 aromatic rings. The molecule has 0 saturated carbocycles. The molecule has 1 aromatic carbocycles. The van der Waals surface area contributed by atoms with Gasteiger partial charge in [-0.15, -0.1) is 5.54 Å². The Labute approximate surface area is 120 Å². The van der Waals surface area contributed by atoms with E-state index in [1.165, 1.54) is 14.0 Å². The van der Waals surface area contributed by atoms with Crippen LogP contribution in [0.3, 0.4) is 0 Å². The third-order valence-corrected chi connectivity index (χ3v) is 3.22. The maximum atomic E-state index is 11.8. The number of rotatable bonds is 2. The molecule has 1 amide bonds. The predicted octanol–water partition coefficient (Wildman–Crippen LogP) is 2.66. The van der Waals surface area contributed by atoms with E-state index >= 15 is 0 Å². The number of hydrogen-bond acceptors (Lipinski definition) is 3. The molecule has 1 N–H and O–H groups in total. The van der Waals surface area contributed by atoms with Crippen LogP contribution in [-0.4, -0.2) is 27.1 Å². The third kappa shape index (κ3) is 4.56. The van der Waals surface area contributed by atoms with Crippen molar-refractivity contribution in [1.82, 2.24) is 0 Å². The lowest BCUT2D eigenvalue weighted by atomic mass is 10.1. The summed E-state index contributed by atoms with van der Waals surface area (Å²) in [6, 6.07) is 5.06. The van der Waals surface area contributed by atoms with Crippen molar-refractivity contribution in [2.45, 2.75) is 26.6 Å². The van der Waals surface area contributed by atoms with Crippen LogP contribution in [0.25, 0.3) is 0 Å². The molecule has 0 aliphatic carbocycles. The number of nitrogens with one attached hydrogen (secondary N) is 1. The highest BCUT2D eigenvalue weighted by Crippen LogP contribution is 2.20. The number of benzene rings is 1. The van der Waals surface area contributed by atoms with Crippen molar-refractivity contribution in [2.75, 3.05) is 12.4 Å². The standard InChI is InChI=1S/C15H19NO3Si/c1-11(17)16-14-8-6-7-13(15(18)19-2)12(14)9-10-20(3,4)5/h6-8H,1-5H3,(H,16,17). The number of methoxy groups -OCH3 is 1. The van der Waals surface area contributed by atoms with E-state index in [0.29, 0.717) is 16.8 Å². The zero-order valence-corrected chi connectivity index (χ0v) is 13.5. The topological polar surface area (TPSA) is 55.4 Å². The molecule has 0 unspecified atom stereocenters. The SMILES string of the molecule is COC(=O)c1cccc(NC(C)=O)c1C#C[Si](C)(C)C. The fraction of sp³-hybridized carbons (Fsp3) is 0.333. The summed E-state index contributed by atoms with van der Waals surface area (Å²) < 4.78 is 4.76. The first-order valence-electron chi connectivity index (χ1n) is 6.26. The predicted molar refractivity (Wildman–Crippen MR) is 82.3 cm³/mol. The second-order valence-corrected chi connectivity index (χ2v) is 10.2. The van der Waals surface area contributed by atoms with Crippen molar-refractivity contribution in [3.8, 4) is 11.5 Å². The Morgan fingerprint density at radius 1 is 1.25 bits per heavy atom. The number of carbonyl (C=O) groups excluding carboxylic acids is 2. The lowest BCUT2D eigenvalue weighted by molar-refractivity contribution is -0.114. The average molecular weight is 289 g/mol. The zero-order valence-electron chi connectivity index (χ0n) is 12.5. The van der Waals surface area contributed by atoms with Gasteiger partial charge in [0.05, 0.1) is 23.9 Å². The summed E-state index contributed by atoms with van der Waals surface area (Å²) in [6.45, 7) is 7.75. The molecule has 1 rings (SSSR count). The van der Waals surface area contributed by atoms with Crippen molar-refractivity contribution in [2.24, 2.45) is 0 Å². The second-order valence-electron chi connectivity index (χ2n) is 5.40. The van der Waals surface area contributed by atoms with Crippen LogP contribution >= 0.6 is 0 Å². The number of carbonyl (C=O) groups is 2. The molecular weight excluding hydrogens is 270 g/mol. The highest BCUT2D eigenvalue weighted by Gasteiger charge is 2.15. The van der Waals surface area contributed by atoms with E-state index in [-0.39, 0.29) is 5.91 Å². The molecule has 5 heteroatoms. The van der Waals surface area contributed by atoms with Gasteiger partial charge in [-0.3, -0.25) is 4.79 Å². The molecule has 0 aromatic heterocycles. The Morgan fingerprint density at radius 3 is 2.40 bits per heavy atom. The first-order valence-corrected chi connectivity index (χ1v) is 9.76. The molecule has 0 heterocycles. The van der Waals surface area contributed by atoms with Crippen LogP contribution < -0.4 is 5.32 Å². The Balaban J connectivity index is 3.42. The molecule has 0 spiro atoms. The van der Waals surface area contributed by atoms with E-state index < -0.39 is 14.0 Å². The van der Waals surface area contributed by atoms with Crippen molar-refractivity contribution in [1.29, 1.82) is 0 Å². The molecule has 0 fully saturated rings. The molecule has 20 heavy (non-hydrogen) atoms. The van der Waals surface area contributed by atoms with Crippen LogP contribution in [0, 0.1) is 11.5 Å². The third-order valence-electron chi connectivity index (χ3n) is 2.34. The van der Waals surface area contributed by atoms with Crippen LogP contribution in [0.1, 0.15) is 22.8 Å². The summed E-state index contributed by atoms with van der Waals surface area (Å²) >= 11 is 0. The van der Waals surface area contributed by atoms with Crippen molar-refractivity contribution >= 4 is 25.6 Å². The van der Waals surface area contributed by atoms with E-state index in [2.05, 4.69) is 36.4 Å². The Hall–Kier alpha value is -2.06. The first kappa shape index (κ1) is 16.0. The monoisotopic (exact) mass is 289 g/mol. The van der Waals surface area contributed by atoms with Crippen LogP contribution in [0.4, 0.5) is 5.69 Å². The van der Waals surface area contributed by atoms with Gasteiger partial charge in [0.25, 0.3) is 0 Å². The van der Waals surface area contributed by atoms with Crippen LogP contribution in [0.2, 0.25) is 19.6 Å². The summed E-state index contributed by atoms with van der Waals surface area (Å²) in [4.78, 5) is 23.1. The van der Waals surface area contributed by atoms with E-state index in [0.717, 1.165) is 0 Å². The molecule has 4 nitrogen and oxygen atoms in total. The average Bonchev–Trinajstić information content (AvgIpc) is 2.34. The Bertz CT molecular complexity index is 591. The number of esters is 1. The molecular formula is C15H19NO3Si. The smallest absolute Gasteiger partial charge is 0.339 e. The zero-order chi connectivity index (χ0) is 15.3. The van der Waals surface area contributed by atoms with E-state index in [1.54, 1.807) is 18.2 Å². The van der Waals surface area contributed by atoms with Crippen LogP contribution in [0.5, 0.6) is 0 Å². The number of hydrogen-bond donors (Lipinski definition) is 1. The minimum absolute atomic E-state index is 0.205. The maximum absolute atomic E-state index is 11.8. The normalized spacial score (nSPS) is 10.2. The second kappa shape index (κ2) is 6.39. The number of anilines is 1.